The zero-order chi connectivity index (χ0) is 9.19. The van der Waals surface area contributed by atoms with E-state index >= 15 is 0 Å². The molecule has 1 rings (SSSR count). The molecule has 0 spiro atoms. The third-order valence-electron chi connectivity index (χ3n) is 2.18. The van der Waals surface area contributed by atoms with Crippen LogP contribution < -0.4 is 0 Å². The molecule has 0 unspecified atom stereocenters. The highest BCUT2D eigenvalue weighted by molar-refractivity contribution is 4.92. The lowest BCUT2D eigenvalue weighted by Gasteiger charge is -1.92. The maximum Gasteiger partial charge on any atom is -0.0163 e. The first-order valence-corrected chi connectivity index (χ1v) is 5.35. The van der Waals surface area contributed by atoms with Crippen molar-refractivity contribution in [2.45, 2.75) is 44.9 Å². The lowest BCUT2D eigenvalue weighted by molar-refractivity contribution is 0.759. The molecule has 13 heavy (non-hydrogen) atoms. The van der Waals surface area contributed by atoms with E-state index in [-0.39, 0.29) is 0 Å². The summed E-state index contributed by atoms with van der Waals surface area (Å²) in [5, 5.41) is 0. The third-order valence-corrected chi connectivity index (χ3v) is 2.18. The zero-order valence-electron chi connectivity index (χ0n) is 8.34. The van der Waals surface area contributed by atoms with Crippen molar-refractivity contribution in [1.82, 2.24) is 0 Å². The van der Waals surface area contributed by atoms with E-state index in [0.717, 1.165) is 19.3 Å². The normalized spacial score (nSPS) is 20.3. The summed E-state index contributed by atoms with van der Waals surface area (Å²) in [6, 6.07) is 0. The van der Waals surface area contributed by atoms with Crippen molar-refractivity contribution in [1.29, 1.82) is 0 Å². The van der Waals surface area contributed by atoms with Crippen molar-refractivity contribution in [3.63, 3.8) is 0 Å². The van der Waals surface area contributed by atoms with Gasteiger partial charge in [0.25, 0.3) is 0 Å². The lowest BCUT2D eigenvalue weighted by atomic mass is 10.1. The molecular weight excluding hydrogens is 156 g/mol. The molecule has 0 aromatic heterocycles. The van der Waals surface area contributed by atoms with E-state index in [1.54, 1.807) is 0 Å². The standard InChI is InChI=1S/C13H19/c1-2-4-6-8-10-12-13-11-9-7-5-3-1/h1-2,5,12-13H,3-4,6,8-11H2. The maximum atomic E-state index is 3.30. The van der Waals surface area contributed by atoms with Gasteiger partial charge in [-0.3, -0.25) is 0 Å². The molecule has 1 aliphatic rings. The fraction of sp³-hybridized carbons (Fsp3) is 0.538. The quantitative estimate of drug-likeness (QED) is 0.484. The van der Waals surface area contributed by atoms with Gasteiger partial charge in [-0.25, -0.2) is 0 Å². The van der Waals surface area contributed by atoms with E-state index in [1.165, 1.54) is 25.7 Å². The number of hydrogen-bond acceptors (Lipinski definition) is 0. The van der Waals surface area contributed by atoms with Gasteiger partial charge in [0.15, 0.2) is 0 Å². The van der Waals surface area contributed by atoms with Crippen LogP contribution in [0.5, 0.6) is 0 Å². The van der Waals surface area contributed by atoms with E-state index in [4.69, 9.17) is 0 Å². The minimum atomic E-state index is 1.06. The van der Waals surface area contributed by atoms with Gasteiger partial charge in [-0.15, -0.1) is 0 Å². The van der Waals surface area contributed by atoms with Gasteiger partial charge in [0.05, 0.1) is 0 Å². The summed E-state index contributed by atoms with van der Waals surface area (Å²) in [7, 11) is 0. The molecule has 0 saturated carbocycles. The Hall–Kier alpha value is -0.780. The van der Waals surface area contributed by atoms with Gasteiger partial charge in [0.2, 0.25) is 0 Å². The van der Waals surface area contributed by atoms with E-state index < -0.39 is 0 Å². The largest absolute Gasteiger partial charge is 0.0885 e. The molecule has 0 heteroatoms. The Morgan fingerprint density at radius 3 is 2.31 bits per heavy atom. The SMILES string of the molecule is [C]1=CCC=CCCCCC=CCC1. The summed E-state index contributed by atoms with van der Waals surface area (Å²) < 4.78 is 0. The van der Waals surface area contributed by atoms with Gasteiger partial charge in [0.1, 0.15) is 0 Å². The summed E-state index contributed by atoms with van der Waals surface area (Å²) in [5.41, 5.74) is 0. The Morgan fingerprint density at radius 2 is 1.46 bits per heavy atom. The van der Waals surface area contributed by atoms with E-state index in [0.29, 0.717) is 0 Å². The van der Waals surface area contributed by atoms with E-state index in [9.17, 15) is 0 Å². The molecule has 0 aliphatic heterocycles. The molecule has 0 amide bonds. The minimum absolute atomic E-state index is 1.06. The van der Waals surface area contributed by atoms with Crippen molar-refractivity contribution in [3.05, 3.63) is 36.5 Å². The van der Waals surface area contributed by atoms with Crippen LogP contribution >= 0.6 is 0 Å². The van der Waals surface area contributed by atoms with Crippen molar-refractivity contribution in [2.24, 2.45) is 0 Å². The van der Waals surface area contributed by atoms with Crippen molar-refractivity contribution >= 4 is 0 Å². The molecule has 0 nitrogen and oxygen atoms in total. The van der Waals surface area contributed by atoms with Crippen LogP contribution in [-0.2, 0) is 0 Å². The molecule has 71 valence electrons. The van der Waals surface area contributed by atoms with Gasteiger partial charge < -0.3 is 0 Å². The van der Waals surface area contributed by atoms with Crippen LogP contribution in [0.25, 0.3) is 0 Å². The predicted molar refractivity (Wildman–Crippen MR) is 58.4 cm³/mol. The Kier molecular flexibility index (Phi) is 6.22. The fourth-order valence-corrected chi connectivity index (χ4v) is 1.39. The van der Waals surface area contributed by atoms with E-state index in [2.05, 4.69) is 36.5 Å². The van der Waals surface area contributed by atoms with Gasteiger partial charge in [-0.1, -0.05) is 30.4 Å². The summed E-state index contributed by atoms with van der Waals surface area (Å²) in [5.74, 6) is 0. The first-order chi connectivity index (χ1) is 6.50. The van der Waals surface area contributed by atoms with Crippen molar-refractivity contribution in [3.8, 4) is 0 Å². The molecule has 0 N–H and O–H groups in total. The van der Waals surface area contributed by atoms with Gasteiger partial charge >= 0.3 is 0 Å². The van der Waals surface area contributed by atoms with Crippen LogP contribution in [0.15, 0.2) is 30.4 Å². The molecule has 0 atom stereocenters. The Bertz CT molecular complexity index is 184. The highest BCUT2D eigenvalue weighted by atomic mass is 13.9. The van der Waals surface area contributed by atoms with Crippen LogP contribution in [0, 0.1) is 6.08 Å². The highest BCUT2D eigenvalue weighted by Crippen LogP contribution is 2.04. The van der Waals surface area contributed by atoms with Crippen molar-refractivity contribution in [2.75, 3.05) is 0 Å². The Morgan fingerprint density at radius 1 is 0.769 bits per heavy atom. The van der Waals surface area contributed by atoms with Gasteiger partial charge in [-0.05, 0) is 51.0 Å². The molecule has 0 aromatic rings. The van der Waals surface area contributed by atoms with Crippen LogP contribution in [0.2, 0.25) is 0 Å². The van der Waals surface area contributed by atoms with Crippen LogP contribution in [0.4, 0.5) is 0 Å². The second-order valence-corrected chi connectivity index (χ2v) is 3.41. The minimum Gasteiger partial charge on any atom is -0.0885 e. The summed E-state index contributed by atoms with van der Waals surface area (Å²) in [4.78, 5) is 0. The van der Waals surface area contributed by atoms with Gasteiger partial charge in [-0.2, -0.15) is 0 Å². The molecule has 0 aromatic carbocycles. The lowest BCUT2D eigenvalue weighted by Crippen LogP contribution is -1.72. The molecule has 0 bridgehead atoms. The number of allylic oxidation sites excluding steroid dienone is 6. The molecule has 0 heterocycles. The van der Waals surface area contributed by atoms with Crippen molar-refractivity contribution < 1.29 is 0 Å². The molecule has 0 fully saturated rings. The predicted octanol–water partition coefficient (Wildman–Crippen LogP) is 4.20. The average Bonchev–Trinajstić information content (AvgIpc) is 2.18. The average molecular weight is 175 g/mol. The Balaban J connectivity index is 2.28. The Labute approximate surface area is 82.0 Å². The monoisotopic (exact) mass is 175 g/mol. The van der Waals surface area contributed by atoms with Crippen LogP contribution in [-0.4, -0.2) is 0 Å². The molecule has 0 saturated heterocycles. The third kappa shape index (κ3) is 6.39. The molecule has 1 radical (unpaired) electrons. The number of rotatable bonds is 0. The fourth-order valence-electron chi connectivity index (χ4n) is 1.39. The maximum absolute atomic E-state index is 3.30. The highest BCUT2D eigenvalue weighted by Gasteiger charge is 1.85. The van der Waals surface area contributed by atoms with Gasteiger partial charge in [0, 0.05) is 0 Å². The molecule has 1 aliphatic carbocycles. The second-order valence-electron chi connectivity index (χ2n) is 3.41. The van der Waals surface area contributed by atoms with Crippen LogP contribution in [0.1, 0.15) is 44.9 Å². The summed E-state index contributed by atoms with van der Waals surface area (Å²) >= 11 is 0. The zero-order valence-corrected chi connectivity index (χ0v) is 8.34. The molecular formula is C13H19. The second kappa shape index (κ2) is 7.85. The summed E-state index contributed by atoms with van der Waals surface area (Å²) in [6.07, 6.45) is 23.0. The number of hydrogen-bond donors (Lipinski definition) is 0. The first-order valence-electron chi connectivity index (χ1n) is 5.35. The topological polar surface area (TPSA) is 0 Å². The summed E-state index contributed by atoms with van der Waals surface area (Å²) in [6.45, 7) is 0. The van der Waals surface area contributed by atoms with Crippen LogP contribution in [0.3, 0.4) is 0 Å². The first kappa shape index (κ1) is 10.3. The smallest absolute Gasteiger partial charge is 0.0163 e. The van der Waals surface area contributed by atoms with E-state index in [1.807, 2.05) is 0 Å².